The Morgan fingerprint density at radius 1 is 1.39 bits per heavy atom. The molecule has 0 aromatic heterocycles. The maximum Gasteiger partial charge on any atom is 0.389 e. The Morgan fingerprint density at radius 2 is 2.09 bits per heavy atom. The molecule has 0 radical (unpaired) electrons. The second-order valence-electron chi connectivity index (χ2n) is 6.37. The van der Waals surface area contributed by atoms with Crippen molar-refractivity contribution in [2.75, 3.05) is 6.61 Å². The van der Waals surface area contributed by atoms with E-state index in [1.165, 1.54) is 0 Å². The van der Waals surface area contributed by atoms with Crippen molar-refractivity contribution in [2.24, 2.45) is 11.8 Å². The Kier molecular flexibility index (Phi) is 8.28. The lowest BCUT2D eigenvalue weighted by Gasteiger charge is -2.29. The molecule has 0 saturated carbocycles. The number of nitrogens with one attached hydrogen (secondary N) is 1. The zero-order valence-electron chi connectivity index (χ0n) is 13.6. The van der Waals surface area contributed by atoms with Gasteiger partial charge in [0.1, 0.15) is 0 Å². The van der Waals surface area contributed by atoms with Gasteiger partial charge >= 0.3 is 12.1 Å². The molecule has 1 saturated heterocycles. The summed E-state index contributed by atoms with van der Waals surface area (Å²) in [5, 5.41) is 9.35. The van der Waals surface area contributed by atoms with Crippen LogP contribution in [0.4, 0.5) is 13.2 Å². The molecule has 23 heavy (non-hydrogen) atoms. The third kappa shape index (κ3) is 8.53. The van der Waals surface area contributed by atoms with Gasteiger partial charge in [0.05, 0.1) is 5.92 Å². The highest BCUT2D eigenvalue weighted by Gasteiger charge is 2.35. The van der Waals surface area contributed by atoms with Crippen molar-refractivity contribution in [3.63, 3.8) is 0 Å². The molecule has 136 valence electrons. The zero-order valence-corrected chi connectivity index (χ0v) is 13.6. The first-order valence-corrected chi connectivity index (χ1v) is 8.01. The second kappa shape index (κ2) is 9.44. The summed E-state index contributed by atoms with van der Waals surface area (Å²) in [5.74, 6) is -2.01. The quantitative estimate of drug-likeness (QED) is 0.628. The Hall–Kier alpha value is -0.860. The van der Waals surface area contributed by atoms with Gasteiger partial charge in [-0.05, 0) is 31.6 Å². The molecule has 0 spiro atoms. The van der Waals surface area contributed by atoms with Gasteiger partial charge in [-0.2, -0.15) is 18.7 Å². The number of hydrogen-bond donors (Lipinski definition) is 2. The summed E-state index contributed by atoms with van der Waals surface area (Å²) in [6, 6.07) is -0.915. The number of hydroxylamine groups is 1. The molecule has 3 unspecified atom stereocenters. The first-order chi connectivity index (χ1) is 10.7. The first kappa shape index (κ1) is 20.2. The number of aliphatic carboxylic acids is 1. The van der Waals surface area contributed by atoms with Crippen molar-refractivity contribution in [1.82, 2.24) is 5.48 Å². The highest BCUT2D eigenvalue weighted by molar-refractivity contribution is 5.70. The number of carbonyl (C=O) groups is 1. The van der Waals surface area contributed by atoms with Crippen LogP contribution in [-0.4, -0.2) is 36.2 Å². The van der Waals surface area contributed by atoms with E-state index in [9.17, 15) is 23.1 Å². The van der Waals surface area contributed by atoms with Gasteiger partial charge in [-0.3, -0.25) is 9.63 Å². The van der Waals surface area contributed by atoms with Crippen LogP contribution in [0.5, 0.6) is 0 Å². The van der Waals surface area contributed by atoms with E-state index in [-0.39, 0.29) is 18.8 Å². The number of hydrogen-bond acceptors (Lipinski definition) is 4. The molecule has 1 aliphatic heterocycles. The molecule has 8 heteroatoms. The van der Waals surface area contributed by atoms with E-state index in [1.54, 1.807) is 0 Å². The molecule has 1 rings (SSSR count). The average Bonchev–Trinajstić information content (AvgIpc) is 2.45. The molecule has 0 aromatic carbocycles. The summed E-state index contributed by atoms with van der Waals surface area (Å²) in [7, 11) is 0. The highest BCUT2D eigenvalue weighted by atomic mass is 19.4. The second-order valence-corrected chi connectivity index (χ2v) is 6.37. The minimum Gasteiger partial charge on any atom is -0.481 e. The van der Waals surface area contributed by atoms with Crippen LogP contribution in [0, 0.1) is 11.8 Å². The monoisotopic (exact) mass is 341 g/mol. The van der Waals surface area contributed by atoms with Crippen molar-refractivity contribution in [3.05, 3.63) is 0 Å². The summed E-state index contributed by atoms with van der Waals surface area (Å²) < 4.78 is 42.8. The summed E-state index contributed by atoms with van der Waals surface area (Å²) in [5.41, 5.74) is 2.54. The van der Waals surface area contributed by atoms with Crippen LogP contribution < -0.4 is 5.48 Å². The largest absolute Gasteiger partial charge is 0.481 e. The fraction of sp³-hybridized carbons (Fsp3) is 0.933. The van der Waals surface area contributed by atoms with E-state index in [1.807, 2.05) is 13.8 Å². The van der Waals surface area contributed by atoms with E-state index in [0.717, 1.165) is 12.8 Å². The standard InChI is InChI=1S/C15H26F3NO4/c1-10(2)9-11(14(20)21)12(6-7-15(16,17)18)19-23-13-5-3-4-8-22-13/h10-13,19H,3-9H2,1-2H3,(H,20,21). The minimum atomic E-state index is -4.33. The Morgan fingerprint density at radius 3 is 2.57 bits per heavy atom. The highest BCUT2D eigenvalue weighted by Crippen LogP contribution is 2.27. The fourth-order valence-electron chi connectivity index (χ4n) is 2.57. The number of carboxylic acids is 1. The Labute approximate surface area is 134 Å². The van der Waals surface area contributed by atoms with Gasteiger partial charge < -0.3 is 9.84 Å². The summed E-state index contributed by atoms with van der Waals surface area (Å²) in [4.78, 5) is 16.8. The zero-order chi connectivity index (χ0) is 17.5. The van der Waals surface area contributed by atoms with Crippen LogP contribution in [-0.2, 0) is 14.4 Å². The predicted octanol–water partition coefficient (Wildman–Crippen LogP) is 3.49. The first-order valence-electron chi connectivity index (χ1n) is 8.01. The molecule has 0 bridgehead atoms. The Bertz CT molecular complexity index is 357. The summed E-state index contributed by atoms with van der Waals surface area (Å²) in [6.45, 7) is 4.21. The molecule has 1 fully saturated rings. The maximum atomic E-state index is 12.5. The van der Waals surface area contributed by atoms with Crippen molar-refractivity contribution >= 4 is 5.97 Å². The SMILES string of the molecule is CC(C)CC(C(=O)O)C(CCC(F)(F)F)NOC1CCCCO1. The van der Waals surface area contributed by atoms with Gasteiger partial charge in [0.2, 0.25) is 0 Å². The van der Waals surface area contributed by atoms with E-state index >= 15 is 0 Å². The van der Waals surface area contributed by atoms with Crippen LogP contribution in [0.25, 0.3) is 0 Å². The van der Waals surface area contributed by atoms with E-state index < -0.39 is 36.8 Å². The van der Waals surface area contributed by atoms with Gasteiger partial charge in [0, 0.05) is 25.5 Å². The van der Waals surface area contributed by atoms with Gasteiger partial charge in [-0.15, -0.1) is 0 Å². The van der Waals surface area contributed by atoms with Crippen LogP contribution in [0.2, 0.25) is 0 Å². The van der Waals surface area contributed by atoms with Crippen LogP contribution in [0.1, 0.15) is 52.4 Å². The lowest BCUT2D eigenvalue weighted by atomic mass is 9.88. The minimum absolute atomic E-state index is 0.0530. The number of ether oxygens (including phenoxy) is 1. The number of halogens is 3. The molecule has 2 N–H and O–H groups in total. The van der Waals surface area contributed by atoms with Crippen molar-refractivity contribution in [1.29, 1.82) is 0 Å². The van der Waals surface area contributed by atoms with Crippen LogP contribution >= 0.6 is 0 Å². The lowest BCUT2D eigenvalue weighted by molar-refractivity contribution is -0.210. The molecule has 3 atom stereocenters. The number of rotatable bonds is 9. The smallest absolute Gasteiger partial charge is 0.389 e. The van der Waals surface area contributed by atoms with Gasteiger partial charge in [0.15, 0.2) is 6.29 Å². The van der Waals surface area contributed by atoms with Crippen molar-refractivity contribution in [3.8, 4) is 0 Å². The van der Waals surface area contributed by atoms with E-state index in [4.69, 9.17) is 9.57 Å². The molecule has 1 aliphatic rings. The van der Waals surface area contributed by atoms with Crippen molar-refractivity contribution in [2.45, 2.75) is 70.9 Å². The average molecular weight is 341 g/mol. The number of carboxylic acid groups (broad SMARTS) is 1. The van der Waals surface area contributed by atoms with E-state index in [0.29, 0.717) is 13.0 Å². The molecule has 0 aromatic rings. The maximum absolute atomic E-state index is 12.5. The predicted molar refractivity (Wildman–Crippen MR) is 77.5 cm³/mol. The van der Waals surface area contributed by atoms with Gasteiger partial charge in [0.25, 0.3) is 0 Å². The lowest BCUT2D eigenvalue weighted by Crippen LogP contribution is -2.44. The fourth-order valence-corrected chi connectivity index (χ4v) is 2.57. The topological polar surface area (TPSA) is 67.8 Å². The third-order valence-corrected chi connectivity index (χ3v) is 3.76. The van der Waals surface area contributed by atoms with Gasteiger partial charge in [-0.1, -0.05) is 13.8 Å². The van der Waals surface area contributed by atoms with Crippen LogP contribution in [0.3, 0.4) is 0 Å². The van der Waals surface area contributed by atoms with Crippen LogP contribution in [0.15, 0.2) is 0 Å². The number of alkyl halides is 3. The normalized spacial score (nSPS) is 22.1. The Balaban J connectivity index is 2.66. The molecule has 0 aliphatic carbocycles. The third-order valence-electron chi connectivity index (χ3n) is 3.76. The van der Waals surface area contributed by atoms with E-state index in [2.05, 4.69) is 5.48 Å². The molecule has 5 nitrogen and oxygen atoms in total. The molecular weight excluding hydrogens is 315 g/mol. The molecule has 1 heterocycles. The van der Waals surface area contributed by atoms with Gasteiger partial charge in [-0.25, -0.2) is 0 Å². The summed E-state index contributed by atoms with van der Waals surface area (Å²) in [6.07, 6.45) is -3.52. The molecular formula is C15H26F3NO4. The molecule has 0 amide bonds. The van der Waals surface area contributed by atoms with Crippen molar-refractivity contribution < 1.29 is 32.6 Å². The summed E-state index contributed by atoms with van der Waals surface area (Å²) >= 11 is 0.